The predicted octanol–water partition coefficient (Wildman–Crippen LogP) is 1.76. The summed E-state index contributed by atoms with van der Waals surface area (Å²) in [6, 6.07) is 3.59. The van der Waals surface area contributed by atoms with Gasteiger partial charge >= 0.3 is 0 Å². The highest BCUT2D eigenvalue weighted by Crippen LogP contribution is 2.19. The van der Waals surface area contributed by atoms with E-state index in [0.29, 0.717) is 30.6 Å². The van der Waals surface area contributed by atoms with Crippen LogP contribution in [0.3, 0.4) is 0 Å². The number of hydrogen-bond acceptors (Lipinski definition) is 5. The first kappa shape index (κ1) is 13.6. The number of nitrogen functional groups attached to an aromatic ring is 1. The summed E-state index contributed by atoms with van der Waals surface area (Å²) in [6.07, 6.45) is 0. The van der Waals surface area contributed by atoms with E-state index in [1.54, 1.807) is 13.2 Å². The molecular formula is C12H21N3O2. The third-order valence-corrected chi connectivity index (χ3v) is 2.09. The van der Waals surface area contributed by atoms with Gasteiger partial charge in [-0.25, -0.2) is 0 Å². The normalized spacial score (nSPS) is 10.6. The Bertz CT molecular complexity index is 343. The summed E-state index contributed by atoms with van der Waals surface area (Å²) in [5.74, 6) is 1.74. The van der Waals surface area contributed by atoms with Gasteiger partial charge in [0, 0.05) is 13.2 Å². The molecule has 0 amide bonds. The number of methoxy groups -OCH3 is 1. The zero-order valence-electron chi connectivity index (χ0n) is 10.7. The Morgan fingerprint density at radius 3 is 2.82 bits per heavy atom. The lowest BCUT2D eigenvalue weighted by atomic mass is 10.2. The summed E-state index contributed by atoms with van der Waals surface area (Å²) < 4.78 is 10.5. The molecule has 0 bridgehead atoms. The fraction of sp³-hybridized carbons (Fsp3) is 0.583. The number of anilines is 2. The van der Waals surface area contributed by atoms with Crippen LogP contribution in [0.1, 0.15) is 13.8 Å². The zero-order valence-corrected chi connectivity index (χ0v) is 10.7. The monoisotopic (exact) mass is 239 g/mol. The number of aromatic nitrogens is 1. The molecule has 96 valence electrons. The Morgan fingerprint density at radius 1 is 1.41 bits per heavy atom. The van der Waals surface area contributed by atoms with Gasteiger partial charge in [-0.1, -0.05) is 13.8 Å². The fourth-order valence-electron chi connectivity index (χ4n) is 1.28. The van der Waals surface area contributed by atoms with E-state index in [1.165, 1.54) is 0 Å². The smallest absolute Gasteiger partial charge is 0.238 e. The minimum absolute atomic E-state index is 0.443. The van der Waals surface area contributed by atoms with Gasteiger partial charge < -0.3 is 20.5 Å². The molecule has 0 aliphatic heterocycles. The first-order valence-corrected chi connectivity index (χ1v) is 5.75. The first-order valence-electron chi connectivity index (χ1n) is 5.75. The van der Waals surface area contributed by atoms with Crippen LogP contribution in [0.25, 0.3) is 0 Å². The van der Waals surface area contributed by atoms with E-state index in [2.05, 4.69) is 24.1 Å². The van der Waals surface area contributed by atoms with Crippen molar-refractivity contribution in [3.05, 3.63) is 12.1 Å². The van der Waals surface area contributed by atoms with E-state index < -0.39 is 0 Å². The molecule has 0 aliphatic rings. The maximum Gasteiger partial charge on any atom is 0.238 e. The van der Waals surface area contributed by atoms with Crippen molar-refractivity contribution in [1.82, 2.24) is 4.98 Å². The molecule has 1 rings (SSSR count). The van der Waals surface area contributed by atoms with Gasteiger partial charge in [0.1, 0.15) is 5.82 Å². The SMILES string of the molecule is COc1nc(NCCOCC(C)C)ccc1N. The highest BCUT2D eigenvalue weighted by molar-refractivity contribution is 5.53. The van der Waals surface area contributed by atoms with Crippen LogP contribution in [-0.2, 0) is 4.74 Å². The van der Waals surface area contributed by atoms with Gasteiger partial charge in [0.25, 0.3) is 0 Å². The Hall–Kier alpha value is -1.49. The third-order valence-electron chi connectivity index (χ3n) is 2.09. The fourth-order valence-corrected chi connectivity index (χ4v) is 1.28. The van der Waals surface area contributed by atoms with Crippen LogP contribution in [0.2, 0.25) is 0 Å². The number of ether oxygens (including phenoxy) is 2. The average molecular weight is 239 g/mol. The lowest BCUT2D eigenvalue weighted by molar-refractivity contribution is 0.118. The molecule has 3 N–H and O–H groups in total. The Kier molecular flexibility index (Phi) is 5.56. The summed E-state index contributed by atoms with van der Waals surface area (Å²) in [6.45, 7) is 6.40. The molecule has 5 nitrogen and oxygen atoms in total. The van der Waals surface area contributed by atoms with Crippen molar-refractivity contribution in [2.75, 3.05) is 37.9 Å². The van der Waals surface area contributed by atoms with Crippen molar-refractivity contribution in [3.8, 4) is 5.88 Å². The van der Waals surface area contributed by atoms with E-state index >= 15 is 0 Å². The molecule has 5 heteroatoms. The van der Waals surface area contributed by atoms with E-state index in [1.807, 2.05) is 6.07 Å². The molecule has 0 saturated heterocycles. The van der Waals surface area contributed by atoms with Crippen molar-refractivity contribution < 1.29 is 9.47 Å². The molecule has 0 fully saturated rings. The standard InChI is InChI=1S/C12H21N3O2/c1-9(2)8-17-7-6-14-11-5-4-10(13)12(15-11)16-3/h4-5,9H,6-8,13H2,1-3H3,(H,14,15). The number of nitrogens with zero attached hydrogens (tertiary/aromatic N) is 1. The van der Waals surface area contributed by atoms with Gasteiger partial charge in [0.05, 0.1) is 19.4 Å². The quantitative estimate of drug-likeness (QED) is 0.709. The van der Waals surface area contributed by atoms with Crippen molar-refractivity contribution >= 4 is 11.5 Å². The predicted molar refractivity (Wildman–Crippen MR) is 69.3 cm³/mol. The summed E-state index contributed by atoms with van der Waals surface area (Å²) in [5.41, 5.74) is 6.21. The highest BCUT2D eigenvalue weighted by atomic mass is 16.5. The van der Waals surface area contributed by atoms with Crippen LogP contribution in [-0.4, -0.2) is 31.9 Å². The average Bonchev–Trinajstić information content (AvgIpc) is 2.30. The van der Waals surface area contributed by atoms with E-state index in [0.717, 1.165) is 12.4 Å². The molecule has 0 saturated carbocycles. The van der Waals surface area contributed by atoms with Crippen LogP contribution >= 0.6 is 0 Å². The lowest BCUT2D eigenvalue weighted by Gasteiger charge is -2.10. The van der Waals surface area contributed by atoms with Crippen LogP contribution in [0.4, 0.5) is 11.5 Å². The summed E-state index contributed by atoms with van der Waals surface area (Å²) in [5, 5.41) is 3.15. The summed E-state index contributed by atoms with van der Waals surface area (Å²) in [4.78, 5) is 4.21. The lowest BCUT2D eigenvalue weighted by Crippen LogP contribution is -2.13. The molecule has 1 aromatic rings. The summed E-state index contributed by atoms with van der Waals surface area (Å²) >= 11 is 0. The molecule has 0 atom stereocenters. The van der Waals surface area contributed by atoms with Gasteiger partial charge in [0.15, 0.2) is 0 Å². The van der Waals surface area contributed by atoms with Crippen molar-refractivity contribution in [3.63, 3.8) is 0 Å². The molecule has 0 aliphatic carbocycles. The third kappa shape index (κ3) is 4.91. The largest absolute Gasteiger partial charge is 0.479 e. The molecular weight excluding hydrogens is 218 g/mol. The summed E-state index contributed by atoms with van der Waals surface area (Å²) in [7, 11) is 1.55. The number of nitrogens with two attached hydrogens (primary N) is 1. The second kappa shape index (κ2) is 6.96. The zero-order chi connectivity index (χ0) is 12.7. The number of hydrogen-bond donors (Lipinski definition) is 2. The molecule has 0 spiro atoms. The van der Waals surface area contributed by atoms with Crippen LogP contribution in [0, 0.1) is 5.92 Å². The maximum absolute atomic E-state index is 5.67. The molecule has 0 radical (unpaired) electrons. The maximum atomic E-state index is 5.67. The van der Waals surface area contributed by atoms with Crippen LogP contribution in [0.15, 0.2) is 12.1 Å². The van der Waals surface area contributed by atoms with Gasteiger partial charge in [-0.15, -0.1) is 0 Å². The molecule has 0 aromatic carbocycles. The number of rotatable bonds is 7. The van der Waals surface area contributed by atoms with Gasteiger partial charge in [-0.05, 0) is 18.1 Å². The van der Waals surface area contributed by atoms with Crippen LogP contribution in [0.5, 0.6) is 5.88 Å². The molecule has 1 aromatic heterocycles. The topological polar surface area (TPSA) is 69.4 Å². The Balaban J connectivity index is 2.32. The minimum atomic E-state index is 0.443. The Labute approximate surface area is 102 Å². The number of nitrogens with one attached hydrogen (secondary N) is 1. The van der Waals surface area contributed by atoms with Crippen molar-refractivity contribution in [2.24, 2.45) is 5.92 Å². The van der Waals surface area contributed by atoms with Crippen molar-refractivity contribution in [1.29, 1.82) is 0 Å². The van der Waals surface area contributed by atoms with Gasteiger partial charge in [0.2, 0.25) is 5.88 Å². The van der Waals surface area contributed by atoms with E-state index in [9.17, 15) is 0 Å². The number of pyridine rings is 1. The van der Waals surface area contributed by atoms with E-state index in [-0.39, 0.29) is 0 Å². The minimum Gasteiger partial charge on any atom is -0.479 e. The van der Waals surface area contributed by atoms with Crippen molar-refractivity contribution in [2.45, 2.75) is 13.8 Å². The second-order valence-electron chi connectivity index (χ2n) is 4.19. The molecule has 1 heterocycles. The first-order chi connectivity index (χ1) is 8.13. The molecule has 17 heavy (non-hydrogen) atoms. The highest BCUT2D eigenvalue weighted by Gasteiger charge is 2.02. The van der Waals surface area contributed by atoms with E-state index in [4.69, 9.17) is 15.2 Å². The van der Waals surface area contributed by atoms with Gasteiger partial charge in [-0.2, -0.15) is 4.98 Å². The Morgan fingerprint density at radius 2 is 2.18 bits per heavy atom. The van der Waals surface area contributed by atoms with Gasteiger partial charge in [-0.3, -0.25) is 0 Å². The van der Waals surface area contributed by atoms with Crippen LogP contribution < -0.4 is 15.8 Å². The second-order valence-corrected chi connectivity index (χ2v) is 4.19. The molecule has 0 unspecified atom stereocenters.